The summed E-state index contributed by atoms with van der Waals surface area (Å²) in [5.74, 6) is -1.25. The number of nitrogens with two attached hydrogens (primary N) is 1. The number of carboxylic acid groups (broad SMARTS) is 1. The number of hydrogen-bond acceptors (Lipinski definition) is 3. The molecule has 1 fully saturated rings. The van der Waals surface area contributed by atoms with Crippen LogP contribution in [0.4, 0.5) is 5.69 Å². The molecule has 0 atom stereocenters. The summed E-state index contributed by atoms with van der Waals surface area (Å²) < 4.78 is 0. The molecule has 1 aromatic rings. The van der Waals surface area contributed by atoms with Crippen molar-refractivity contribution in [2.75, 3.05) is 11.9 Å². The molecule has 1 amide bonds. The lowest BCUT2D eigenvalue weighted by Crippen LogP contribution is -2.55. The van der Waals surface area contributed by atoms with Gasteiger partial charge in [0.1, 0.15) is 0 Å². The Kier molecular flexibility index (Phi) is 4.09. The van der Waals surface area contributed by atoms with Gasteiger partial charge >= 0.3 is 5.97 Å². The van der Waals surface area contributed by atoms with Gasteiger partial charge in [-0.3, -0.25) is 4.79 Å². The second kappa shape index (κ2) is 5.63. The quantitative estimate of drug-likeness (QED) is 0.884. The van der Waals surface area contributed by atoms with Gasteiger partial charge in [-0.25, -0.2) is 4.79 Å². The van der Waals surface area contributed by atoms with Crippen molar-refractivity contribution in [1.82, 2.24) is 0 Å². The number of benzene rings is 1. The van der Waals surface area contributed by atoms with E-state index in [9.17, 15) is 14.7 Å². The maximum atomic E-state index is 12.6. The van der Waals surface area contributed by atoms with Crippen LogP contribution in [-0.4, -0.2) is 29.6 Å². The summed E-state index contributed by atoms with van der Waals surface area (Å²) in [5, 5.41) is 9.20. The molecular formula is C15H20N2O3. The molecular weight excluding hydrogens is 256 g/mol. The largest absolute Gasteiger partial charge is 0.478 e. The van der Waals surface area contributed by atoms with E-state index in [1.807, 2.05) is 0 Å². The zero-order valence-electron chi connectivity index (χ0n) is 11.6. The predicted molar refractivity (Wildman–Crippen MR) is 76.8 cm³/mol. The van der Waals surface area contributed by atoms with Crippen LogP contribution in [0.15, 0.2) is 24.3 Å². The molecule has 1 aliphatic rings. The molecule has 1 aromatic carbocycles. The summed E-state index contributed by atoms with van der Waals surface area (Å²) in [6.07, 6.45) is 4.30. The van der Waals surface area contributed by atoms with Gasteiger partial charge in [-0.2, -0.15) is 0 Å². The molecule has 0 aliphatic heterocycles. The van der Waals surface area contributed by atoms with Gasteiger partial charge in [-0.15, -0.1) is 0 Å². The van der Waals surface area contributed by atoms with Crippen LogP contribution < -0.4 is 10.6 Å². The molecule has 0 heterocycles. The first-order chi connectivity index (χ1) is 9.46. The van der Waals surface area contributed by atoms with Crippen LogP contribution in [0.3, 0.4) is 0 Å². The van der Waals surface area contributed by atoms with Crippen molar-refractivity contribution < 1.29 is 14.7 Å². The molecule has 20 heavy (non-hydrogen) atoms. The van der Waals surface area contributed by atoms with Crippen LogP contribution >= 0.6 is 0 Å². The lowest BCUT2D eigenvalue weighted by atomic mass is 9.81. The van der Waals surface area contributed by atoms with Crippen LogP contribution in [0.1, 0.15) is 42.5 Å². The number of rotatable bonds is 3. The number of amides is 1. The molecule has 108 valence electrons. The summed E-state index contributed by atoms with van der Waals surface area (Å²) in [5.41, 5.74) is 5.87. The summed E-state index contributed by atoms with van der Waals surface area (Å²) in [6.45, 7) is 0. The van der Waals surface area contributed by atoms with Gasteiger partial charge in [0.05, 0.1) is 16.8 Å². The minimum atomic E-state index is -1.05. The van der Waals surface area contributed by atoms with E-state index in [1.54, 1.807) is 25.2 Å². The van der Waals surface area contributed by atoms with Gasteiger partial charge in [0, 0.05) is 7.05 Å². The number of carbonyl (C=O) groups is 2. The van der Waals surface area contributed by atoms with Gasteiger partial charge in [-0.05, 0) is 25.0 Å². The Labute approximate surface area is 118 Å². The Morgan fingerprint density at radius 3 is 2.40 bits per heavy atom. The van der Waals surface area contributed by atoms with Crippen LogP contribution in [-0.2, 0) is 4.79 Å². The monoisotopic (exact) mass is 276 g/mol. The van der Waals surface area contributed by atoms with Gasteiger partial charge in [0.2, 0.25) is 5.91 Å². The maximum Gasteiger partial charge on any atom is 0.337 e. The normalized spacial score (nSPS) is 17.5. The number of para-hydroxylation sites is 1. The zero-order chi connectivity index (χ0) is 14.8. The van der Waals surface area contributed by atoms with Crippen LogP contribution in [0.25, 0.3) is 0 Å². The van der Waals surface area contributed by atoms with Gasteiger partial charge in [0.25, 0.3) is 0 Å². The Bertz CT molecular complexity index is 522. The second-order valence-electron chi connectivity index (χ2n) is 5.40. The molecule has 5 nitrogen and oxygen atoms in total. The minimum Gasteiger partial charge on any atom is -0.478 e. The fraction of sp³-hybridized carbons (Fsp3) is 0.467. The number of aromatic carboxylic acids is 1. The van der Waals surface area contributed by atoms with E-state index >= 15 is 0 Å². The Morgan fingerprint density at radius 1 is 1.20 bits per heavy atom. The highest BCUT2D eigenvalue weighted by Crippen LogP contribution is 2.30. The predicted octanol–water partition coefficient (Wildman–Crippen LogP) is 2.01. The SMILES string of the molecule is CN(C(=O)C1(N)CCCCC1)c1ccccc1C(=O)O. The number of nitrogens with zero attached hydrogens (tertiary/aromatic N) is 1. The van der Waals surface area contributed by atoms with E-state index in [-0.39, 0.29) is 11.5 Å². The Hall–Kier alpha value is -1.88. The highest BCUT2D eigenvalue weighted by atomic mass is 16.4. The average Bonchev–Trinajstić information content (AvgIpc) is 2.46. The van der Waals surface area contributed by atoms with Crippen LogP contribution in [0, 0.1) is 0 Å². The lowest BCUT2D eigenvalue weighted by molar-refractivity contribution is -0.124. The van der Waals surface area contributed by atoms with Crippen molar-refractivity contribution >= 4 is 17.6 Å². The number of carbonyl (C=O) groups excluding carboxylic acids is 1. The van der Waals surface area contributed by atoms with Crippen molar-refractivity contribution in [3.8, 4) is 0 Å². The van der Waals surface area contributed by atoms with Crippen molar-refractivity contribution in [2.45, 2.75) is 37.6 Å². The summed E-state index contributed by atoms with van der Waals surface area (Å²) in [6, 6.07) is 6.48. The number of likely N-dealkylation sites (N-methyl/N-ethyl adjacent to an activating group) is 1. The van der Waals surface area contributed by atoms with Crippen molar-refractivity contribution in [2.24, 2.45) is 5.73 Å². The van der Waals surface area contributed by atoms with Crippen LogP contribution in [0.5, 0.6) is 0 Å². The highest BCUT2D eigenvalue weighted by Gasteiger charge is 2.38. The van der Waals surface area contributed by atoms with Crippen molar-refractivity contribution in [3.63, 3.8) is 0 Å². The first kappa shape index (κ1) is 14.5. The minimum absolute atomic E-state index is 0.114. The van der Waals surface area contributed by atoms with E-state index in [0.29, 0.717) is 18.5 Å². The third-order valence-electron chi connectivity index (χ3n) is 3.97. The molecule has 3 N–H and O–H groups in total. The number of hydrogen-bond donors (Lipinski definition) is 2. The molecule has 0 bridgehead atoms. The summed E-state index contributed by atoms with van der Waals surface area (Å²) in [4.78, 5) is 25.2. The van der Waals surface area contributed by atoms with Crippen molar-refractivity contribution in [3.05, 3.63) is 29.8 Å². The maximum absolute atomic E-state index is 12.6. The molecule has 0 spiro atoms. The molecule has 0 unspecified atom stereocenters. The fourth-order valence-electron chi connectivity index (χ4n) is 2.79. The third kappa shape index (κ3) is 2.67. The molecule has 1 aliphatic carbocycles. The average molecular weight is 276 g/mol. The van der Waals surface area contributed by atoms with E-state index in [4.69, 9.17) is 5.73 Å². The zero-order valence-corrected chi connectivity index (χ0v) is 11.6. The fourth-order valence-corrected chi connectivity index (χ4v) is 2.79. The first-order valence-electron chi connectivity index (χ1n) is 6.85. The van der Waals surface area contributed by atoms with Gasteiger partial charge in [0.15, 0.2) is 0 Å². The molecule has 1 saturated carbocycles. The molecule has 0 radical (unpaired) electrons. The van der Waals surface area contributed by atoms with Gasteiger partial charge in [-0.1, -0.05) is 31.4 Å². The van der Waals surface area contributed by atoms with E-state index in [0.717, 1.165) is 19.3 Å². The Morgan fingerprint density at radius 2 is 1.80 bits per heavy atom. The standard InChI is InChI=1S/C15H20N2O3/c1-17(12-8-4-3-7-11(12)13(18)19)14(20)15(16)9-5-2-6-10-15/h3-4,7-8H,2,5-6,9-10,16H2,1H3,(H,18,19). The number of carboxylic acids is 1. The lowest BCUT2D eigenvalue weighted by Gasteiger charge is -2.35. The highest BCUT2D eigenvalue weighted by molar-refractivity contribution is 6.05. The molecule has 0 aromatic heterocycles. The Balaban J connectivity index is 2.29. The van der Waals surface area contributed by atoms with E-state index in [2.05, 4.69) is 0 Å². The molecule has 0 saturated heterocycles. The van der Waals surface area contributed by atoms with Gasteiger partial charge < -0.3 is 15.7 Å². The van der Waals surface area contributed by atoms with E-state index < -0.39 is 11.5 Å². The molecule has 5 heteroatoms. The summed E-state index contributed by atoms with van der Waals surface area (Å²) in [7, 11) is 1.59. The van der Waals surface area contributed by atoms with Crippen LogP contribution in [0.2, 0.25) is 0 Å². The number of anilines is 1. The smallest absolute Gasteiger partial charge is 0.337 e. The first-order valence-corrected chi connectivity index (χ1v) is 6.85. The van der Waals surface area contributed by atoms with Crippen molar-refractivity contribution in [1.29, 1.82) is 0 Å². The topological polar surface area (TPSA) is 83.6 Å². The molecule has 2 rings (SSSR count). The second-order valence-corrected chi connectivity index (χ2v) is 5.40. The van der Waals surface area contributed by atoms with E-state index in [1.165, 1.54) is 11.0 Å². The summed E-state index contributed by atoms with van der Waals surface area (Å²) >= 11 is 0. The third-order valence-corrected chi connectivity index (χ3v) is 3.97.